The predicted octanol–water partition coefficient (Wildman–Crippen LogP) is 2.00. The van der Waals surface area contributed by atoms with Crippen molar-refractivity contribution in [3.63, 3.8) is 0 Å². The molecule has 0 bridgehead atoms. The van der Waals surface area contributed by atoms with Gasteiger partial charge in [0.15, 0.2) is 5.49 Å². The van der Waals surface area contributed by atoms with Gasteiger partial charge in [0.05, 0.1) is 17.6 Å². The number of carbonyl (C=O) groups excluding carboxylic acids is 2. The Morgan fingerprint density at radius 1 is 1.18 bits per heavy atom. The number of aromatic nitrogens is 4. The molecular formula is C24H23N5O5. The van der Waals surface area contributed by atoms with Gasteiger partial charge in [-0.05, 0) is 43.7 Å². The highest BCUT2D eigenvalue weighted by Crippen LogP contribution is 2.12. The van der Waals surface area contributed by atoms with Gasteiger partial charge in [0.25, 0.3) is 11.5 Å². The highest BCUT2D eigenvalue weighted by molar-refractivity contribution is 5.97. The molecule has 0 aliphatic rings. The van der Waals surface area contributed by atoms with E-state index in [1.165, 1.54) is 16.7 Å². The van der Waals surface area contributed by atoms with E-state index in [0.29, 0.717) is 30.9 Å². The van der Waals surface area contributed by atoms with Crippen molar-refractivity contribution in [2.45, 2.75) is 19.9 Å². The summed E-state index contributed by atoms with van der Waals surface area (Å²) >= 11 is 0. The molecule has 0 fully saturated rings. The lowest BCUT2D eigenvalue weighted by molar-refractivity contribution is 0.0523. The SMILES string of the molecule is CCOC(=O)c1cc2c(=O)n3ccccc3nc2n(CCCOC)c1=NC(=O)c1cccnc1. The van der Waals surface area contributed by atoms with Gasteiger partial charge < -0.3 is 14.0 Å². The van der Waals surface area contributed by atoms with E-state index < -0.39 is 11.9 Å². The van der Waals surface area contributed by atoms with Crippen LogP contribution in [0.5, 0.6) is 0 Å². The van der Waals surface area contributed by atoms with Gasteiger partial charge in [0, 0.05) is 38.9 Å². The van der Waals surface area contributed by atoms with Gasteiger partial charge in [-0.2, -0.15) is 4.99 Å². The highest BCUT2D eigenvalue weighted by atomic mass is 16.5. The monoisotopic (exact) mass is 461 g/mol. The topological polar surface area (TPSA) is 117 Å². The Labute approximate surface area is 194 Å². The van der Waals surface area contributed by atoms with Crippen molar-refractivity contribution in [1.29, 1.82) is 0 Å². The molecule has 0 N–H and O–H groups in total. The second kappa shape index (κ2) is 10.2. The summed E-state index contributed by atoms with van der Waals surface area (Å²) < 4.78 is 13.4. The first-order valence-corrected chi connectivity index (χ1v) is 10.7. The maximum absolute atomic E-state index is 13.3. The van der Waals surface area contributed by atoms with E-state index >= 15 is 0 Å². The van der Waals surface area contributed by atoms with Gasteiger partial charge in [-0.3, -0.25) is 19.0 Å². The van der Waals surface area contributed by atoms with Crippen LogP contribution in [0.4, 0.5) is 0 Å². The average Bonchev–Trinajstić information content (AvgIpc) is 2.86. The number of pyridine rings is 3. The molecule has 34 heavy (non-hydrogen) atoms. The maximum Gasteiger partial charge on any atom is 0.341 e. The molecule has 10 heteroatoms. The third-order valence-electron chi connectivity index (χ3n) is 5.13. The molecule has 0 atom stereocenters. The first-order valence-electron chi connectivity index (χ1n) is 10.7. The summed E-state index contributed by atoms with van der Waals surface area (Å²) in [5.74, 6) is -1.28. The number of rotatable bonds is 7. The molecule has 0 aromatic carbocycles. The third-order valence-corrected chi connectivity index (χ3v) is 5.13. The second-order valence-electron chi connectivity index (χ2n) is 7.34. The summed E-state index contributed by atoms with van der Waals surface area (Å²) in [7, 11) is 1.58. The van der Waals surface area contributed by atoms with E-state index in [0.717, 1.165) is 0 Å². The van der Waals surface area contributed by atoms with E-state index in [-0.39, 0.29) is 34.2 Å². The smallest absolute Gasteiger partial charge is 0.341 e. The Morgan fingerprint density at radius 3 is 2.76 bits per heavy atom. The first kappa shape index (κ1) is 23.0. The van der Waals surface area contributed by atoms with Gasteiger partial charge in [-0.25, -0.2) is 9.78 Å². The molecule has 0 spiro atoms. The summed E-state index contributed by atoms with van der Waals surface area (Å²) in [4.78, 5) is 52.0. The molecule has 0 radical (unpaired) electrons. The molecule has 0 aliphatic carbocycles. The van der Waals surface area contributed by atoms with E-state index in [9.17, 15) is 14.4 Å². The van der Waals surface area contributed by atoms with Crippen LogP contribution in [0.3, 0.4) is 0 Å². The molecule has 0 saturated heterocycles. The van der Waals surface area contributed by atoms with Crippen molar-refractivity contribution in [2.24, 2.45) is 4.99 Å². The Balaban J connectivity index is 2.09. The first-order chi connectivity index (χ1) is 16.5. The van der Waals surface area contributed by atoms with Crippen molar-refractivity contribution in [3.05, 3.63) is 82.0 Å². The van der Waals surface area contributed by atoms with Crippen LogP contribution < -0.4 is 11.0 Å². The van der Waals surface area contributed by atoms with Crippen LogP contribution in [0.15, 0.2) is 64.8 Å². The van der Waals surface area contributed by atoms with Crippen molar-refractivity contribution >= 4 is 28.6 Å². The summed E-state index contributed by atoms with van der Waals surface area (Å²) in [6, 6.07) is 9.79. The van der Waals surface area contributed by atoms with Crippen LogP contribution >= 0.6 is 0 Å². The van der Waals surface area contributed by atoms with Crippen molar-refractivity contribution in [3.8, 4) is 0 Å². The van der Waals surface area contributed by atoms with E-state index in [1.807, 2.05) is 0 Å². The Hall–Kier alpha value is -4.18. The summed E-state index contributed by atoms with van der Waals surface area (Å²) in [6.07, 6.45) is 5.07. The largest absolute Gasteiger partial charge is 0.462 e. The number of hydrogen-bond acceptors (Lipinski definition) is 7. The molecular weight excluding hydrogens is 438 g/mol. The van der Waals surface area contributed by atoms with Gasteiger partial charge in [-0.1, -0.05) is 6.07 Å². The number of carbonyl (C=O) groups is 2. The summed E-state index contributed by atoms with van der Waals surface area (Å²) in [5, 5.41) is 0.206. The molecule has 1 amide bonds. The zero-order valence-electron chi connectivity index (χ0n) is 18.8. The van der Waals surface area contributed by atoms with Gasteiger partial charge in [0.2, 0.25) is 0 Å². The third kappa shape index (κ3) is 4.48. The van der Waals surface area contributed by atoms with E-state index in [4.69, 9.17) is 9.47 Å². The fourth-order valence-electron chi connectivity index (χ4n) is 3.59. The van der Waals surface area contributed by atoms with Crippen LogP contribution in [0, 0.1) is 0 Å². The maximum atomic E-state index is 13.3. The fraction of sp³-hybridized carbons (Fsp3) is 0.250. The molecule has 4 aromatic rings. The van der Waals surface area contributed by atoms with Gasteiger partial charge in [0.1, 0.15) is 16.9 Å². The van der Waals surface area contributed by atoms with Gasteiger partial charge in [-0.15, -0.1) is 0 Å². The molecule has 4 heterocycles. The Kier molecular flexibility index (Phi) is 6.88. The second-order valence-corrected chi connectivity index (χ2v) is 7.34. The molecule has 174 valence electrons. The molecule has 4 rings (SSSR count). The number of amides is 1. The number of aryl methyl sites for hydroxylation is 1. The molecule has 0 unspecified atom stereocenters. The number of fused-ring (bicyclic) bond motifs is 2. The number of nitrogens with zero attached hydrogens (tertiary/aromatic N) is 5. The fourth-order valence-corrected chi connectivity index (χ4v) is 3.59. The quantitative estimate of drug-likeness (QED) is 0.235. The van der Waals surface area contributed by atoms with E-state index in [2.05, 4.69) is 15.0 Å². The molecule has 4 aromatic heterocycles. The van der Waals surface area contributed by atoms with Gasteiger partial charge >= 0.3 is 5.97 Å². The number of ether oxygens (including phenoxy) is 2. The summed E-state index contributed by atoms with van der Waals surface area (Å²) in [6.45, 7) is 2.51. The van der Waals surface area contributed by atoms with E-state index in [1.54, 1.807) is 61.3 Å². The van der Waals surface area contributed by atoms with Crippen molar-refractivity contribution in [2.75, 3.05) is 20.3 Å². The number of methoxy groups -OCH3 is 1. The normalized spacial score (nSPS) is 11.8. The zero-order chi connectivity index (χ0) is 24.1. The van der Waals surface area contributed by atoms with Crippen molar-refractivity contribution in [1.82, 2.24) is 18.9 Å². The standard InChI is InChI=1S/C24H23N5O5/c1-3-34-24(32)18-14-17-20(26-19-9-4-5-11-28(19)23(17)31)29(12-7-13-33-2)21(18)27-22(30)16-8-6-10-25-15-16/h4-6,8-11,14-15H,3,7,12-13H2,1-2H3. The lowest BCUT2D eigenvalue weighted by Gasteiger charge is -2.15. The minimum absolute atomic E-state index is 0.00112. The van der Waals surface area contributed by atoms with Crippen LogP contribution in [0.2, 0.25) is 0 Å². The van der Waals surface area contributed by atoms with Crippen LogP contribution in [-0.2, 0) is 16.0 Å². The summed E-state index contributed by atoms with van der Waals surface area (Å²) in [5.41, 5.74) is 0.693. The number of esters is 1. The Bertz CT molecular complexity index is 1490. The van der Waals surface area contributed by atoms with Crippen LogP contribution in [0.1, 0.15) is 34.1 Å². The molecule has 0 aliphatic heterocycles. The molecule has 0 saturated carbocycles. The van der Waals surface area contributed by atoms with Crippen LogP contribution in [-0.4, -0.2) is 51.1 Å². The van der Waals surface area contributed by atoms with Crippen molar-refractivity contribution < 1.29 is 19.1 Å². The molecule has 10 nitrogen and oxygen atoms in total. The minimum atomic E-state index is -0.694. The average molecular weight is 461 g/mol. The lowest BCUT2D eigenvalue weighted by atomic mass is 10.2. The zero-order valence-corrected chi connectivity index (χ0v) is 18.8. The predicted molar refractivity (Wildman–Crippen MR) is 124 cm³/mol. The van der Waals surface area contributed by atoms with Crippen LogP contribution in [0.25, 0.3) is 16.7 Å². The highest BCUT2D eigenvalue weighted by Gasteiger charge is 2.20. The number of hydrogen-bond donors (Lipinski definition) is 0. The minimum Gasteiger partial charge on any atom is -0.462 e. The Morgan fingerprint density at radius 2 is 2.03 bits per heavy atom. The lowest BCUT2D eigenvalue weighted by Crippen LogP contribution is -2.33.